The SMILES string of the molecule is Cc1cc(OCCC/C(=C\c2cc(OCCN(C)C)cc3cc(C(=O)O)n(Cc4ccccn4)c23)c2ccc(Cl)c(-c3c(C)nn(C)c3C)c2N[C@H](C)CNC=O)cc(C)c1Cl. The Morgan fingerprint density at radius 1 is 0.968 bits per heavy atom. The fourth-order valence-electron chi connectivity index (χ4n) is 7.76. The number of carboxylic acid groups (broad SMARTS) is 1. The number of aryl methyl sites for hydroxylation is 4. The van der Waals surface area contributed by atoms with E-state index in [2.05, 4.69) is 21.7 Å². The van der Waals surface area contributed by atoms with E-state index < -0.39 is 5.97 Å². The van der Waals surface area contributed by atoms with Crippen molar-refractivity contribution in [1.29, 1.82) is 0 Å². The Morgan fingerprint density at radius 3 is 2.34 bits per heavy atom. The molecular weight excluding hydrogens is 825 g/mol. The standard InChI is InChI=1S/C48H55Cl2N7O5/c1-29-20-38(21-30(2)45(29)50)61-18-11-12-34(40-14-15-41(49)44(43-32(4)54-56(8)33(43)5)46(40)53-31(3)26-51-28-58)22-35-23-39(62-19-17-55(6)7)24-36-25-42(48(59)60)57(47(35)36)27-37-13-9-10-16-52-37/h9-10,13-16,20-25,28,31,53H,11-12,17-19,26-27H2,1-8H3,(H,51,58)(H,59,60)/b34-22+/t31-/m1/s1. The van der Waals surface area contributed by atoms with Crippen molar-refractivity contribution >= 4 is 63.8 Å². The summed E-state index contributed by atoms with van der Waals surface area (Å²) < 4.78 is 16.3. The van der Waals surface area contributed by atoms with Gasteiger partial charge in [0.2, 0.25) is 6.41 Å². The molecule has 0 aliphatic rings. The highest BCUT2D eigenvalue weighted by atomic mass is 35.5. The number of carboxylic acids is 1. The molecule has 1 amide bonds. The molecule has 0 saturated heterocycles. The van der Waals surface area contributed by atoms with Crippen LogP contribution in [-0.4, -0.2) is 88.2 Å². The first-order chi connectivity index (χ1) is 29.7. The number of aromatic carboxylic acids is 1. The highest BCUT2D eigenvalue weighted by Gasteiger charge is 2.25. The van der Waals surface area contributed by atoms with Gasteiger partial charge in [0.1, 0.15) is 23.8 Å². The predicted octanol–water partition coefficient (Wildman–Crippen LogP) is 9.61. The van der Waals surface area contributed by atoms with E-state index in [-0.39, 0.29) is 18.3 Å². The number of likely N-dealkylation sites (N-methyl/N-ethyl adjacent to an activating group) is 1. The highest BCUT2D eigenvalue weighted by Crippen LogP contribution is 2.45. The van der Waals surface area contributed by atoms with Crippen molar-refractivity contribution in [1.82, 2.24) is 29.5 Å². The zero-order chi connectivity index (χ0) is 44.7. The summed E-state index contributed by atoms with van der Waals surface area (Å²) >= 11 is 13.7. The normalized spacial score (nSPS) is 12.2. The van der Waals surface area contributed by atoms with E-state index in [4.69, 9.17) is 37.8 Å². The van der Waals surface area contributed by atoms with Crippen LogP contribution in [0.4, 0.5) is 5.69 Å². The van der Waals surface area contributed by atoms with Gasteiger partial charge in [0.15, 0.2) is 0 Å². The topological polar surface area (TPSA) is 136 Å². The maximum atomic E-state index is 12.9. The lowest BCUT2D eigenvalue weighted by Gasteiger charge is -2.24. The molecule has 0 spiro atoms. The monoisotopic (exact) mass is 879 g/mol. The number of hydrogen-bond acceptors (Lipinski definition) is 8. The average Bonchev–Trinajstić information content (AvgIpc) is 3.71. The average molecular weight is 881 g/mol. The van der Waals surface area contributed by atoms with Crippen LogP contribution in [0.15, 0.2) is 66.9 Å². The number of benzene rings is 3. The van der Waals surface area contributed by atoms with Gasteiger partial charge in [0, 0.05) is 70.7 Å². The number of amides is 1. The number of nitrogens with one attached hydrogen (secondary N) is 2. The minimum Gasteiger partial charge on any atom is -0.494 e. The molecule has 0 aliphatic carbocycles. The van der Waals surface area contributed by atoms with Gasteiger partial charge in [0.25, 0.3) is 0 Å². The molecule has 6 rings (SSSR count). The Labute approximate surface area is 373 Å². The minimum atomic E-state index is -1.05. The lowest BCUT2D eigenvalue weighted by Crippen LogP contribution is -2.30. The first kappa shape index (κ1) is 45.7. The Balaban J connectivity index is 1.60. The van der Waals surface area contributed by atoms with Crippen LogP contribution in [0.1, 0.15) is 69.6 Å². The minimum absolute atomic E-state index is 0.129. The molecule has 3 aromatic carbocycles. The zero-order valence-corrected chi connectivity index (χ0v) is 38.1. The molecule has 0 saturated carbocycles. The Morgan fingerprint density at radius 2 is 1.69 bits per heavy atom. The quantitative estimate of drug-likeness (QED) is 0.0389. The van der Waals surface area contributed by atoms with Gasteiger partial charge in [-0.15, -0.1) is 0 Å². The van der Waals surface area contributed by atoms with Gasteiger partial charge in [0.05, 0.1) is 40.8 Å². The van der Waals surface area contributed by atoms with Crippen LogP contribution in [0.2, 0.25) is 10.0 Å². The molecule has 3 aromatic heterocycles. The van der Waals surface area contributed by atoms with Crippen molar-refractivity contribution in [3.05, 3.63) is 122 Å². The fourth-order valence-corrected chi connectivity index (χ4v) is 8.13. The van der Waals surface area contributed by atoms with Crippen LogP contribution in [0.3, 0.4) is 0 Å². The van der Waals surface area contributed by atoms with E-state index in [0.717, 1.165) is 72.3 Å². The molecule has 3 heterocycles. The predicted molar refractivity (Wildman–Crippen MR) is 250 cm³/mol. The highest BCUT2D eigenvalue weighted by molar-refractivity contribution is 6.34. The summed E-state index contributed by atoms with van der Waals surface area (Å²) in [5.41, 5.74) is 10.2. The van der Waals surface area contributed by atoms with Gasteiger partial charge < -0.3 is 34.7 Å². The smallest absolute Gasteiger partial charge is 0.352 e. The third-order valence-electron chi connectivity index (χ3n) is 10.8. The second-order valence-corrected chi connectivity index (χ2v) is 16.7. The summed E-state index contributed by atoms with van der Waals surface area (Å²) in [6.07, 6.45) is 5.68. The molecule has 12 nitrogen and oxygen atoms in total. The van der Waals surface area contributed by atoms with E-state index >= 15 is 0 Å². The van der Waals surface area contributed by atoms with E-state index in [1.807, 2.05) is 125 Å². The maximum Gasteiger partial charge on any atom is 0.352 e. The third-order valence-corrected chi connectivity index (χ3v) is 11.7. The number of fused-ring (bicyclic) bond motifs is 1. The van der Waals surface area contributed by atoms with Crippen LogP contribution >= 0.6 is 23.2 Å². The van der Waals surface area contributed by atoms with Crippen molar-refractivity contribution < 1.29 is 24.2 Å². The summed E-state index contributed by atoms with van der Waals surface area (Å²) in [4.78, 5) is 31.0. The van der Waals surface area contributed by atoms with Gasteiger partial charge in [-0.2, -0.15) is 5.10 Å². The van der Waals surface area contributed by atoms with E-state index in [1.54, 1.807) is 12.3 Å². The second kappa shape index (κ2) is 20.4. The van der Waals surface area contributed by atoms with Crippen LogP contribution in [-0.2, 0) is 18.4 Å². The van der Waals surface area contributed by atoms with Crippen molar-refractivity contribution in [2.75, 3.05) is 45.7 Å². The number of carbonyl (C=O) groups excluding carboxylic acids is 1. The van der Waals surface area contributed by atoms with E-state index in [0.29, 0.717) is 67.4 Å². The Kier molecular flexibility index (Phi) is 15.0. The number of ether oxygens (including phenoxy) is 2. The number of nitrogens with zero attached hydrogens (tertiary/aromatic N) is 5. The molecule has 6 aromatic rings. The van der Waals surface area contributed by atoms with Crippen molar-refractivity contribution in [2.24, 2.45) is 7.05 Å². The van der Waals surface area contributed by atoms with Gasteiger partial charge >= 0.3 is 5.97 Å². The fraction of sp³-hybridized carbons (Fsp3) is 0.333. The van der Waals surface area contributed by atoms with Crippen LogP contribution in [0.25, 0.3) is 33.7 Å². The van der Waals surface area contributed by atoms with Gasteiger partial charge in [-0.1, -0.05) is 35.3 Å². The molecule has 62 heavy (non-hydrogen) atoms. The summed E-state index contributed by atoms with van der Waals surface area (Å²) in [5.74, 6) is 0.295. The lowest BCUT2D eigenvalue weighted by atomic mass is 9.91. The number of anilines is 1. The number of carbonyl (C=O) groups is 2. The largest absolute Gasteiger partial charge is 0.494 e. The first-order valence-electron chi connectivity index (χ1n) is 20.6. The van der Waals surface area contributed by atoms with Crippen molar-refractivity contribution in [3.8, 4) is 22.6 Å². The van der Waals surface area contributed by atoms with Gasteiger partial charge in [-0.3, -0.25) is 14.5 Å². The zero-order valence-electron chi connectivity index (χ0n) is 36.6. The summed E-state index contributed by atoms with van der Waals surface area (Å²) in [6.45, 7) is 12.0. The maximum absolute atomic E-state index is 12.9. The van der Waals surface area contributed by atoms with Gasteiger partial charge in [-0.25, -0.2) is 4.79 Å². The van der Waals surface area contributed by atoms with Crippen LogP contribution in [0, 0.1) is 27.7 Å². The molecule has 3 N–H and O–H groups in total. The third kappa shape index (κ3) is 10.6. The molecule has 0 bridgehead atoms. The Hall–Kier alpha value is -5.82. The molecule has 326 valence electrons. The number of halogens is 2. The second-order valence-electron chi connectivity index (χ2n) is 15.9. The summed E-state index contributed by atoms with van der Waals surface area (Å²) in [7, 11) is 5.88. The molecule has 14 heteroatoms. The molecule has 0 unspecified atom stereocenters. The first-order valence-corrected chi connectivity index (χ1v) is 21.4. The van der Waals surface area contributed by atoms with Crippen molar-refractivity contribution in [2.45, 2.75) is 60.0 Å². The van der Waals surface area contributed by atoms with Crippen LogP contribution in [0.5, 0.6) is 11.5 Å². The molecule has 1 atom stereocenters. The summed E-state index contributed by atoms with van der Waals surface area (Å²) in [6, 6.07) is 18.8. The van der Waals surface area contributed by atoms with E-state index in [1.165, 1.54) is 0 Å². The van der Waals surface area contributed by atoms with Crippen molar-refractivity contribution in [3.63, 3.8) is 0 Å². The number of allylic oxidation sites excluding steroid dienone is 1. The number of hydrogen-bond donors (Lipinski definition) is 3. The molecule has 0 aliphatic heterocycles. The van der Waals surface area contributed by atoms with Crippen LogP contribution < -0.4 is 20.1 Å². The number of rotatable bonds is 20. The molecular formula is C48H55Cl2N7O5. The lowest BCUT2D eigenvalue weighted by molar-refractivity contribution is -0.109. The Bertz CT molecular complexity index is 2580. The van der Waals surface area contributed by atoms with Gasteiger partial charge in [-0.05, 0) is 133 Å². The number of pyridine rings is 1. The number of aromatic nitrogens is 4. The molecule has 0 fully saturated rings. The summed E-state index contributed by atoms with van der Waals surface area (Å²) in [5, 5.41) is 23.8. The van der Waals surface area contributed by atoms with E-state index in [9.17, 15) is 14.7 Å². The molecule has 0 radical (unpaired) electrons.